The van der Waals surface area contributed by atoms with Gasteiger partial charge in [0.15, 0.2) is 0 Å². The molecule has 0 spiro atoms. The first kappa shape index (κ1) is 12.0. The number of rotatable bonds is 3. The van der Waals surface area contributed by atoms with E-state index in [2.05, 4.69) is 22.3 Å². The molecule has 1 atom stereocenters. The molecule has 0 aliphatic heterocycles. The molecule has 2 aromatic rings. The number of nitrogens with zero attached hydrogens (tertiary/aromatic N) is 2. The van der Waals surface area contributed by atoms with Crippen LogP contribution in [0.5, 0.6) is 0 Å². The topological polar surface area (TPSA) is 48.7 Å². The molecule has 3 nitrogen and oxygen atoms in total. The lowest BCUT2D eigenvalue weighted by Gasteiger charge is -2.13. The fourth-order valence-electron chi connectivity index (χ4n) is 1.74. The number of nitriles is 1. The third kappa shape index (κ3) is 2.26. The molecule has 0 aliphatic rings. The van der Waals surface area contributed by atoms with Crippen LogP contribution in [0.4, 0.5) is 5.82 Å². The molecule has 0 saturated carbocycles. The quantitative estimate of drug-likeness (QED) is 0.832. The monoisotopic (exact) mass is 235 g/mol. The normalized spacial score (nSPS) is 11.5. The molecule has 0 saturated heterocycles. The Morgan fingerprint density at radius 1 is 1.44 bits per heavy atom. The fraction of sp³-hybridized carbons (Fsp3) is 0.200. The zero-order chi connectivity index (χ0) is 13.0. The molecular weight excluding hydrogens is 222 g/mol. The van der Waals surface area contributed by atoms with E-state index in [9.17, 15) is 0 Å². The van der Waals surface area contributed by atoms with Crippen LogP contribution in [0.2, 0.25) is 0 Å². The van der Waals surface area contributed by atoms with Crippen molar-refractivity contribution in [1.29, 1.82) is 5.26 Å². The van der Waals surface area contributed by atoms with Crippen LogP contribution in [0.15, 0.2) is 30.3 Å². The average Bonchev–Trinajstić information content (AvgIpc) is 2.43. The van der Waals surface area contributed by atoms with Gasteiger partial charge in [0.25, 0.3) is 0 Å². The zero-order valence-electron chi connectivity index (χ0n) is 10.1. The Labute approximate surface area is 106 Å². The number of hydrogen-bond acceptors (Lipinski definition) is 3. The van der Waals surface area contributed by atoms with E-state index in [0.29, 0.717) is 11.4 Å². The first-order valence-corrected chi connectivity index (χ1v) is 5.81. The second-order valence-corrected chi connectivity index (χ2v) is 3.96. The molecule has 1 aromatic heterocycles. The lowest BCUT2D eigenvalue weighted by atomic mass is 10.1. The molecule has 0 amide bonds. The van der Waals surface area contributed by atoms with Crippen LogP contribution in [0.3, 0.4) is 0 Å². The van der Waals surface area contributed by atoms with Crippen molar-refractivity contribution < 1.29 is 0 Å². The zero-order valence-corrected chi connectivity index (χ0v) is 10.1. The summed E-state index contributed by atoms with van der Waals surface area (Å²) in [6.45, 7) is 1.99. The van der Waals surface area contributed by atoms with Crippen molar-refractivity contribution >= 4 is 16.7 Å². The summed E-state index contributed by atoms with van der Waals surface area (Å²) in [4.78, 5) is 4.45. The molecule has 1 N–H and O–H groups in total. The van der Waals surface area contributed by atoms with Crippen LogP contribution in [0.25, 0.3) is 10.9 Å². The number of pyridine rings is 1. The Hall–Kier alpha value is -2.52. The van der Waals surface area contributed by atoms with Gasteiger partial charge in [0, 0.05) is 5.39 Å². The Bertz CT molecular complexity index is 647. The van der Waals surface area contributed by atoms with Crippen molar-refractivity contribution in [3.05, 3.63) is 35.9 Å². The Kier molecular flexibility index (Phi) is 3.46. The summed E-state index contributed by atoms with van der Waals surface area (Å²) in [6.07, 6.45) is 6.20. The van der Waals surface area contributed by atoms with Gasteiger partial charge in [-0.3, -0.25) is 0 Å². The minimum atomic E-state index is -0.106. The van der Waals surface area contributed by atoms with Gasteiger partial charge in [-0.2, -0.15) is 5.26 Å². The second kappa shape index (κ2) is 5.21. The highest BCUT2D eigenvalue weighted by Gasteiger charge is 2.09. The van der Waals surface area contributed by atoms with E-state index in [4.69, 9.17) is 11.7 Å². The lowest BCUT2D eigenvalue weighted by molar-refractivity contribution is 0.851. The van der Waals surface area contributed by atoms with Gasteiger partial charge in [-0.1, -0.05) is 31.0 Å². The minimum absolute atomic E-state index is 0.106. The molecule has 1 heterocycles. The van der Waals surface area contributed by atoms with Crippen LogP contribution < -0.4 is 5.32 Å². The van der Waals surface area contributed by atoms with E-state index >= 15 is 0 Å². The van der Waals surface area contributed by atoms with Gasteiger partial charge in [-0.15, -0.1) is 6.42 Å². The number of aromatic nitrogens is 1. The van der Waals surface area contributed by atoms with Crippen molar-refractivity contribution in [2.75, 3.05) is 5.32 Å². The standard InChI is InChI=1S/C15H13N3/c1-3-13(4-2)17-15-12(10-16)9-11-7-5-6-8-14(11)18-15/h1,5-9,13H,4H2,2H3,(H,17,18). The molecule has 88 valence electrons. The Morgan fingerprint density at radius 2 is 2.22 bits per heavy atom. The summed E-state index contributed by atoms with van der Waals surface area (Å²) in [6, 6.07) is 11.6. The summed E-state index contributed by atoms with van der Waals surface area (Å²) in [5, 5.41) is 13.2. The number of hydrogen-bond donors (Lipinski definition) is 1. The number of terminal acetylenes is 1. The van der Waals surface area contributed by atoms with E-state index in [1.54, 1.807) is 0 Å². The van der Waals surface area contributed by atoms with E-state index in [0.717, 1.165) is 17.3 Å². The number of fused-ring (bicyclic) bond motifs is 1. The maximum atomic E-state index is 9.15. The molecule has 3 heteroatoms. The number of para-hydroxylation sites is 1. The third-order valence-electron chi connectivity index (χ3n) is 2.76. The second-order valence-electron chi connectivity index (χ2n) is 3.96. The predicted molar refractivity (Wildman–Crippen MR) is 73.0 cm³/mol. The van der Waals surface area contributed by atoms with E-state index in [1.165, 1.54) is 0 Å². The maximum absolute atomic E-state index is 9.15. The summed E-state index contributed by atoms with van der Waals surface area (Å²) < 4.78 is 0. The summed E-state index contributed by atoms with van der Waals surface area (Å²) in [5.74, 6) is 3.20. The summed E-state index contributed by atoms with van der Waals surface area (Å²) >= 11 is 0. The highest BCUT2D eigenvalue weighted by Crippen LogP contribution is 2.20. The number of anilines is 1. The van der Waals surface area contributed by atoms with Crippen molar-refractivity contribution in [3.8, 4) is 18.4 Å². The van der Waals surface area contributed by atoms with Gasteiger partial charge < -0.3 is 5.32 Å². The SMILES string of the molecule is C#CC(CC)Nc1nc2ccccc2cc1C#N. The smallest absolute Gasteiger partial charge is 0.145 e. The highest BCUT2D eigenvalue weighted by atomic mass is 15.0. The highest BCUT2D eigenvalue weighted by molar-refractivity contribution is 5.82. The molecule has 2 rings (SSSR count). The van der Waals surface area contributed by atoms with E-state index < -0.39 is 0 Å². The number of nitrogens with one attached hydrogen (secondary N) is 1. The maximum Gasteiger partial charge on any atom is 0.145 e. The molecule has 0 fully saturated rings. The van der Waals surface area contributed by atoms with Crippen LogP contribution in [-0.4, -0.2) is 11.0 Å². The summed E-state index contributed by atoms with van der Waals surface area (Å²) in [5.41, 5.74) is 1.37. The molecule has 1 unspecified atom stereocenters. The van der Waals surface area contributed by atoms with Crippen molar-refractivity contribution in [3.63, 3.8) is 0 Å². The van der Waals surface area contributed by atoms with Gasteiger partial charge in [-0.25, -0.2) is 4.98 Å². The van der Waals surface area contributed by atoms with Crippen molar-refractivity contribution in [2.45, 2.75) is 19.4 Å². The van der Waals surface area contributed by atoms with Crippen molar-refractivity contribution in [1.82, 2.24) is 4.98 Å². The molecular formula is C15H13N3. The Morgan fingerprint density at radius 3 is 2.89 bits per heavy atom. The molecule has 0 radical (unpaired) electrons. The van der Waals surface area contributed by atoms with Gasteiger partial charge >= 0.3 is 0 Å². The summed E-state index contributed by atoms with van der Waals surface area (Å²) in [7, 11) is 0. The van der Waals surface area contributed by atoms with Gasteiger partial charge in [-0.05, 0) is 18.6 Å². The molecule has 18 heavy (non-hydrogen) atoms. The van der Waals surface area contributed by atoms with Gasteiger partial charge in [0.1, 0.15) is 11.9 Å². The van der Waals surface area contributed by atoms with Gasteiger partial charge in [0.05, 0.1) is 17.1 Å². The van der Waals surface area contributed by atoms with Crippen LogP contribution in [-0.2, 0) is 0 Å². The Balaban J connectivity index is 2.49. The van der Waals surface area contributed by atoms with Crippen molar-refractivity contribution in [2.24, 2.45) is 0 Å². The number of benzene rings is 1. The molecule has 0 aliphatic carbocycles. The fourth-order valence-corrected chi connectivity index (χ4v) is 1.74. The van der Waals surface area contributed by atoms with E-state index in [-0.39, 0.29) is 6.04 Å². The van der Waals surface area contributed by atoms with E-state index in [1.807, 2.05) is 37.3 Å². The average molecular weight is 235 g/mol. The predicted octanol–water partition coefficient (Wildman–Crippen LogP) is 2.93. The van der Waals surface area contributed by atoms with Crippen LogP contribution in [0.1, 0.15) is 18.9 Å². The lowest BCUT2D eigenvalue weighted by Crippen LogP contribution is -2.17. The first-order valence-electron chi connectivity index (χ1n) is 5.81. The third-order valence-corrected chi connectivity index (χ3v) is 2.76. The molecule has 1 aromatic carbocycles. The molecule has 0 bridgehead atoms. The van der Waals surface area contributed by atoms with Gasteiger partial charge in [0.2, 0.25) is 0 Å². The van der Waals surface area contributed by atoms with Crippen LogP contribution in [0, 0.1) is 23.7 Å². The largest absolute Gasteiger partial charge is 0.355 e. The van der Waals surface area contributed by atoms with Crippen LogP contribution >= 0.6 is 0 Å². The minimum Gasteiger partial charge on any atom is -0.355 e. The first-order chi connectivity index (χ1) is 8.78.